The Balaban J connectivity index is 2.72. The van der Waals surface area contributed by atoms with E-state index in [1.54, 1.807) is 0 Å². The Bertz CT molecular complexity index is 288. The summed E-state index contributed by atoms with van der Waals surface area (Å²) in [6.07, 6.45) is 2.41. The van der Waals surface area contributed by atoms with Gasteiger partial charge in [-0.2, -0.15) is 0 Å². The molecule has 0 aliphatic carbocycles. The molecule has 1 rings (SSSR count). The van der Waals surface area contributed by atoms with E-state index in [1.165, 1.54) is 18.4 Å². The minimum atomic E-state index is 0.483. The number of hydrogen-bond donors (Lipinski definition) is 0. The Kier molecular flexibility index (Phi) is 5.86. The second-order valence-electron chi connectivity index (χ2n) is 4.26. The van der Waals surface area contributed by atoms with Crippen molar-refractivity contribution in [1.29, 1.82) is 0 Å². The van der Waals surface area contributed by atoms with Crippen molar-refractivity contribution in [1.82, 2.24) is 4.90 Å². The number of nitrogens with zero attached hydrogens (tertiary/aromatic N) is 1. The predicted octanol–water partition coefficient (Wildman–Crippen LogP) is 4.52. The van der Waals surface area contributed by atoms with E-state index in [9.17, 15) is 0 Å². The maximum Gasteiger partial charge on any atom is 0.0406 e. The normalized spacial score (nSPS) is 13.1. The molecule has 0 heterocycles. The summed E-state index contributed by atoms with van der Waals surface area (Å²) in [5.74, 6) is 0. The second kappa shape index (κ2) is 6.93. The summed E-state index contributed by atoms with van der Waals surface area (Å²) in [5.41, 5.74) is 1.35. The Morgan fingerprint density at radius 3 is 2.00 bits per heavy atom. The molecule has 0 bridgehead atoms. The van der Waals surface area contributed by atoms with Crippen LogP contribution in [0.15, 0.2) is 24.3 Å². The molecular weight excluding hydrogens is 218 g/mol. The van der Waals surface area contributed by atoms with Crippen LogP contribution in [0.4, 0.5) is 0 Å². The minimum Gasteiger partial charge on any atom is -0.297 e. The van der Waals surface area contributed by atoms with Gasteiger partial charge in [-0.3, -0.25) is 4.90 Å². The van der Waals surface area contributed by atoms with Gasteiger partial charge in [0.05, 0.1) is 0 Å². The minimum absolute atomic E-state index is 0.483. The van der Waals surface area contributed by atoms with Crippen LogP contribution in [0.25, 0.3) is 0 Å². The van der Waals surface area contributed by atoms with Crippen LogP contribution >= 0.6 is 11.6 Å². The second-order valence-corrected chi connectivity index (χ2v) is 4.70. The van der Waals surface area contributed by atoms with Gasteiger partial charge in [-0.25, -0.2) is 0 Å². The van der Waals surface area contributed by atoms with Crippen LogP contribution in [-0.4, -0.2) is 18.0 Å². The first kappa shape index (κ1) is 13.5. The highest BCUT2D eigenvalue weighted by atomic mass is 35.5. The maximum atomic E-state index is 5.90. The van der Waals surface area contributed by atoms with E-state index in [1.807, 2.05) is 12.1 Å². The van der Waals surface area contributed by atoms with Gasteiger partial charge < -0.3 is 0 Å². The van der Waals surface area contributed by atoms with Crippen molar-refractivity contribution in [3.05, 3.63) is 34.9 Å². The van der Waals surface area contributed by atoms with E-state index in [0.29, 0.717) is 6.04 Å². The molecule has 1 aromatic rings. The standard InChI is InChI=1S/C14H22ClN/c1-4-10-16(11-5-2)12(3)13-6-8-14(15)9-7-13/h6-9,12H,4-5,10-11H2,1-3H3. The van der Waals surface area contributed by atoms with Crippen molar-refractivity contribution in [3.63, 3.8) is 0 Å². The summed E-state index contributed by atoms with van der Waals surface area (Å²) in [4.78, 5) is 2.53. The Labute approximate surface area is 104 Å². The van der Waals surface area contributed by atoms with Gasteiger partial charge in [0.15, 0.2) is 0 Å². The first-order valence-corrected chi connectivity index (χ1v) is 6.56. The van der Waals surface area contributed by atoms with Gasteiger partial charge in [0.25, 0.3) is 0 Å². The van der Waals surface area contributed by atoms with Crippen LogP contribution in [0.2, 0.25) is 5.02 Å². The summed E-state index contributed by atoms with van der Waals surface area (Å²) >= 11 is 5.90. The quantitative estimate of drug-likeness (QED) is 0.706. The Hall–Kier alpha value is -0.530. The molecule has 1 unspecified atom stereocenters. The van der Waals surface area contributed by atoms with Crippen LogP contribution in [0.1, 0.15) is 45.2 Å². The molecule has 2 heteroatoms. The summed E-state index contributed by atoms with van der Waals surface area (Å²) in [6, 6.07) is 8.70. The molecule has 1 aromatic carbocycles. The summed E-state index contributed by atoms with van der Waals surface area (Å²) < 4.78 is 0. The van der Waals surface area contributed by atoms with Crippen LogP contribution in [0.3, 0.4) is 0 Å². The fourth-order valence-corrected chi connectivity index (χ4v) is 2.15. The van der Waals surface area contributed by atoms with E-state index < -0.39 is 0 Å². The highest BCUT2D eigenvalue weighted by Crippen LogP contribution is 2.22. The molecule has 1 nitrogen and oxygen atoms in total. The molecule has 0 amide bonds. The smallest absolute Gasteiger partial charge is 0.0406 e. The highest BCUT2D eigenvalue weighted by molar-refractivity contribution is 6.30. The first-order valence-electron chi connectivity index (χ1n) is 6.18. The van der Waals surface area contributed by atoms with Crippen molar-refractivity contribution in [2.45, 2.75) is 39.7 Å². The molecular formula is C14H22ClN. The molecule has 0 N–H and O–H groups in total. The van der Waals surface area contributed by atoms with Gasteiger partial charge in [0, 0.05) is 11.1 Å². The van der Waals surface area contributed by atoms with Crippen LogP contribution in [-0.2, 0) is 0 Å². The molecule has 16 heavy (non-hydrogen) atoms. The number of benzene rings is 1. The van der Waals surface area contributed by atoms with Crippen molar-refractivity contribution in [2.75, 3.05) is 13.1 Å². The van der Waals surface area contributed by atoms with Gasteiger partial charge in [0.2, 0.25) is 0 Å². The zero-order chi connectivity index (χ0) is 12.0. The Morgan fingerprint density at radius 2 is 1.56 bits per heavy atom. The predicted molar refractivity (Wildman–Crippen MR) is 72.0 cm³/mol. The summed E-state index contributed by atoms with van der Waals surface area (Å²) in [7, 11) is 0. The molecule has 0 spiro atoms. The van der Waals surface area contributed by atoms with Crippen molar-refractivity contribution < 1.29 is 0 Å². The van der Waals surface area contributed by atoms with E-state index in [2.05, 4.69) is 37.8 Å². The zero-order valence-electron chi connectivity index (χ0n) is 10.5. The van der Waals surface area contributed by atoms with Crippen LogP contribution in [0.5, 0.6) is 0 Å². The fraction of sp³-hybridized carbons (Fsp3) is 0.571. The fourth-order valence-electron chi connectivity index (χ4n) is 2.03. The van der Waals surface area contributed by atoms with Gasteiger partial charge in [-0.1, -0.05) is 37.6 Å². The van der Waals surface area contributed by atoms with E-state index in [4.69, 9.17) is 11.6 Å². The lowest BCUT2D eigenvalue weighted by Crippen LogP contribution is -2.28. The largest absolute Gasteiger partial charge is 0.297 e. The molecule has 0 aliphatic heterocycles. The van der Waals surface area contributed by atoms with E-state index in [0.717, 1.165) is 18.1 Å². The molecule has 0 saturated heterocycles. The molecule has 0 aliphatic rings. The number of halogens is 1. The van der Waals surface area contributed by atoms with Crippen molar-refractivity contribution >= 4 is 11.6 Å². The lowest BCUT2D eigenvalue weighted by molar-refractivity contribution is 0.211. The molecule has 0 saturated carbocycles. The van der Waals surface area contributed by atoms with E-state index in [-0.39, 0.29) is 0 Å². The Morgan fingerprint density at radius 1 is 1.06 bits per heavy atom. The maximum absolute atomic E-state index is 5.90. The third kappa shape index (κ3) is 3.80. The summed E-state index contributed by atoms with van der Waals surface area (Å²) in [5, 5.41) is 0.813. The monoisotopic (exact) mass is 239 g/mol. The number of rotatable bonds is 6. The van der Waals surface area contributed by atoms with E-state index >= 15 is 0 Å². The van der Waals surface area contributed by atoms with Gasteiger partial charge in [0.1, 0.15) is 0 Å². The average molecular weight is 240 g/mol. The first-order chi connectivity index (χ1) is 7.69. The SMILES string of the molecule is CCCN(CCC)C(C)c1ccc(Cl)cc1. The zero-order valence-corrected chi connectivity index (χ0v) is 11.3. The lowest BCUT2D eigenvalue weighted by atomic mass is 10.1. The van der Waals surface area contributed by atoms with Crippen LogP contribution in [0, 0.1) is 0 Å². The number of hydrogen-bond acceptors (Lipinski definition) is 1. The van der Waals surface area contributed by atoms with Crippen LogP contribution < -0.4 is 0 Å². The molecule has 90 valence electrons. The molecule has 0 fully saturated rings. The molecule has 0 radical (unpaired) electrons. The molecule has 0 aromatic heterocycles. The third-order valence-corrected chi connectivity index (χ3v) is 3.17. The third-order valence-electron chi connectivity index (χ3n) is 2.92. The van der Waals surface area contributed by atoms with Crippen molar-refractivity contribution in [2.24, 2.45) is 0 Å². The lowest BCUT2D eigenvalue weighted by Gasteiger charge is -2.28. The van der Waals surface area contributed by atoms with Crippen molar-refractivity contribution in [3.8, 4) is 0 Å². The average Bonchev–Trinajstić information content (AvgIpc) is 2.29. The highest BCUT2D eigenvalue weighted by Gasteiger charge is 2.13. The molecule has 1 atom stereocenters. The summed E-state index contributed by atoms with van der Waals surface area (Å²) in [6.45, 7) is 9.07. The van der Waals surface area contributed by atoms with Gasteiger partial charge in [-0.05, 0) is 50.6 Å². The topological polar surface area (TPSA) is 3.24 Å². The van der Waals surface area contributed by atoms with Gasteiger partial charge >= 0.3 is 0 Å². The van der Waals surface area contributed by atoms with Gasteiger partial charge in [-0.15, -0.1) is 0 Å².